The van der Waals surface area contributed by atoms with Crippen LogP contribution in [0.25, 0.3) is 0 Å². The highest BCUT2D eigenvalue weighted by atomic mass is 32.1. The van der Waals surface area contributed by atoms with Gasteiger partial charge < -0.3 is 19.4 Å². The van der Waals surface area contributed by atoms with Crippen molar-refractivity contribution in [3.63, 3.8) is 0 Å². The number of rotatable bonds is 6. The summed E-state index contributed by atoms with van der Waals surface area (Å²) in [5, 5.41) is 7.05. The minimum atomic E-state index is -0.0851. The van der Waals surface area contributed by atoms with Gasteiger partial charge in [0.2, 0.25) is 0 Å². The smallest absolute Gasteiger partial charge is 0.318 e. The average Bonchev–Trinajstić information content (AvgIpc) is 3.27. The number of hydrogen-bond acceptors (Lipinski definition) is 4. The molecule has 2 aromatic rings. The second kappa shape index (κ2) is 7.47. The van der Waals surface area contributed by atoms with Crippen LogP contribution in [0, 0.1) is 0 Å². The minimum absolute atomic E-state index is 0.0851. The molecule has 1 aliphatic heterocycles. The highest BCUT2D eigenvalue weighted by Crippen LogP contribution is 2.14. The fourth-order valence-corrected chi connectivity index (χ4v) is 3.17. The lowest BCUT2D eigenvalue weighted by molar-refractivity contribution is 0.108. The molecule has 1 saturated heterocycles. The molecule has 3 heterocycles. The van der Waals surface area contributed by atoms with E-state index in [1.165, 1.54) is 0 Å². The standard InChI is InChI=1S/C16H20N2O3S/c19-16(17-9-14-3-1-6-20-14)18(10-13-5-8-22-12-13)11-15-4-2-7-21-15/h2,4-5,7-8,12,14H,1,3,6,9-11H2,(H,17,19)/t14-/m1/s1. The first-order chi connectivity index (χ1) is 10.8. The second-order valence-corrected chi connectivity index (χ2v) is 6.17. The molecular weight excluding hydrogens is 300 g/mol. The lowest BCUT2D eigenvalue weighted by Gasteiger charge is -2.22. The van der Waals surface area contributed by atoms with Gasteiger partial charge in [-0.15, -0.1) is 0 Å². The zero-order valence-corrected chi connectivity index (χ0v) is 13.2. The van der Waals surface area contributed by atoms with Crippen molar-refractivity contribution in [1.82, 2.24) is 10.2 Å². The van der Waals surface area contributed by atoms with Gasteiger partial charge in [-0.25, -0.2) is 4.79 Å². The molecule has 0 unspecified atom stereocenters. The number of ether oxygens (including phenoxy) is 1. The van der Waals surface area contributed by atoms with E-state index in [-0.39, 0.29) is 12.1 Å². The van der Waals surface area contributed by atoms with Crippen molar-refractivity contribution in [3.8, 4) is 0 Å². The zero-order chi connectivity index (χ0) is 15.2. The highest BCUT2D eigenvalue weighted by Gasteiger charge is 2.20. The van der Waals surface area contributed by atoms with Gasteiger partial charge in [0, 0.05) is 19.7 Å². The lowest BCUT2D eigenvalue weighted by atomic mass is 10.2. The van der Waals surface area contributed by atoms with Crippen LogP contribution in [0.4, 0.5) is 4.79 Å². The van der Waals surface area contributed by atoms with Crippen LogP contribution in [0.3, 0.4) is 0 Å². The number of furan rings is 1. The van der Waals surface area contributed by atoms with Crippen molar-refractivity contribution in [2.75, 3.05) is 13.2 Å². The summed E-state index contributed by atoms with van der Waals surface area (Å²) in [6.45, 7) is 2.39. The fraction of sp³-hybridized carbons (Fsp3) is 0.438. The van der Waals surface area contributed by atoms with E-state index < -0.39 is 0 Å². The van der Waals surface area contributed by atoms with Gasteiger partial charge in [-0.2, -0.15) is 11.3 Å². The lowest BCUT2D eigenvalue weighted by Crippen LogP contribution is -2.42. The molecular formula is C16H20N2O3S. The summed E-state index contributed by atoms with van der Waals surface area (Å²) in [6.07, 6.45) is 3.87. The molecule has 1 aliphatic rings. The third-order valence-electron chi connectivity index (χ3n) is 3.67. The summed E-state index contributed by atoms with van der Waals surface area (Å²) in [4.78, 5) is 14.2. The average molecular weight is 320 g/mol. The molecule has 118 valence electrons. The number of nitrogens with one attached hydrogen (secondary N) is 1. The van der Waals surface area contributed by atoms with Crippen molar-refractivity contribution in [2.24, 2.45) is 0 Å². The Kier molecular flexibility index (Phi) is 5.13. The molecule has 0 aromatic carbocycles. The highest BCUT2D eigenvalue weighted by molar-refractivity contribution is 7.07. The first kappa shape index (κ1) is 15.1. The first-order valence-electron chi connectivity index (χ1n) is 7.49. The molecule has 1 fully saturated rings. The van der Waals surface area contributed by atoms with Crippen molar-refractivity contribution in [1.29, 1.82) is 0 Å². The summed E-state index contributed by atoms with van der Waals surface area (Å²) in [6, 6.07) is 5.67. The predicted molar refractivity (Wildman–Crippen MR) is 84.6 cm³/mol. The molecule has 2 amide bonds. The van der Waals surface area contributed by atoms with Gasteiger partial charge in [-0.3, -0.25) is 0 Å². The van der Waals surface area contributed by atoms with E-state index in [0.29, 0.717) is 19.6 Å². The van der Waals surface area contributed by atoms with Gasteiger partial charge in [-0.05, 0) is 47.4 Å². The Balaban J connectivity index is 1.59. The second-order valence-electron chi connectivity index (χ2n) is 5.39. The fourth-order valence-electron chi connectivity index (χ4n) is 2.51. The van der Waals surface area contributed by atoms with E-state index in [0.717, 1.165) is 30.8 Å². The summed E-state index contributed by atoms with van der Waals surface area (Å²) in [5.74, 6) is 0.780. The van der Waals surface area contributed by atoms with Gasteiger partial charge in [0.15, 0.2) is 0 Å². The normalized spacial score (nSPS) is 17.5. The molecule has 0 spiro atoms. The van der Waals surface area contributed by atoms with Crippen LogP contribution in [0.5, 0.6) is 0 Å². The molecule has 3 rings (SSSR count). The number of carbonyl (C=O) groups is 1. The summed E-state index contributed by atoms with van der Waals surface area (Å²) in [5.41, 5.74) is 1.13. The van der Waals surface area contributed by atoms with Gasteiger partial charge in [0.1, 0.15) is 5.76 Å². The minimum Gasteiger partial charge on any atom is -0.467 e. The van der Waals surface area contributed by atoms with Crippen LogP contribution in [0.15, 0.2) is 39.6 Å². The number of thiophene rings is 1. The molecule has 2 aromatic heterocycles. The van der Waals surface area contributed by atoms with Crippen LogP contribution in [0.1, 0.15) is 24.2 Å². The number of hydrogen-bond donors (Lipinski definition) is 1. The molecule has 1 N–H and O–H groups in total. The van der Waals surface area contributed by atoms with Crippen LogP contribution >= 0.6 is 11.3 Å². The van der Waals surface area contributed by atoms with Crippen molar-refractivity contribution >= 4 is 17.4 Å². The van der Waals surface area contributed by atoms with Gasteiger partial charge in [0.25, 0.3) is 0 Å². The van der Waals surface area contributed by atoms with Crippen molar-refractivity contribution < 1.29 is 13.9 Å². The zero-order valence-electron chi connectivity index (χ0n) is 12.4. The quantitative estimate of drug-likeness (QED) is 0.889. The molecule has 0 radical (unpaired) electrons. The van der Waals surface area contributed by atoms with Crippen LogP contribution < -0.4 is 5.32 Å². The van der Waals surface area contributed by atoms with E-state index in [2.05, 4.69) is 10.7 Å². The van der Waals surface area contributed by atoms with Crippen LogP contribution in [-0.4, -0.2) is 30.2 Å². The topological polar surface area (TPSA) is 54.7 Å². The number of nitrogens with zero attached hydrogens (tertiary/aromatic N) is 1. The molecule has 5 nitrogen and oxygen atoms in total. The maximum Gasteiger partial charge on any atom is 0.318 e. The van der Waals surface area contributed by atoms with Crippen LogP contribution in [0.2, 0.25) is 0 Å². The van der Waals surface area contributed by atoms with Gasteiger partial charge in [-0.1, -0.05) is 0 Å². The Morgan fingerprint density at radius 1 is 1.41 bits per heavy atom. The number of carbonyl (C=O) groups excluding carboxylic acids is 1. The van der Waals surface area contributed by atoms with Crippen molar-refractivity contribution in [3.05, 3.63) is 46.5 Å². The summed E-state index contributed by atoms with van der Waals surface area (Å²) < 4.78 is 10.9. The molecule has 0 saturated carbocycles. The van der Waals surface area contributed by atoms with Crippen LogP contribution in [-0.2, 0) is 17.8 Å². The van der Waals surface area contributed by atoms with E-state index in [4.69, 9.17) is 9.15 Å². The third kappa shape index (κ3) is 4.11. The number of amides is 2. The summed E-state index contributed by atoms with van der Waals surface area (Å²) in [7, 11) is 0. The third-order valence-corrected chi connectivity index (χ3v) is 4.40. The van der Waals surface area contributed by atoms with E-state index >= 15 is 0 Å². The SMILES string of the molecule is O=C(NC[C@H]1CCCO1)N(Cc1ccsc1)Cc1ccco1. The van der Waals surface area contributed by atoms with Crippen molar-refractivity contribution in [2.45, 2.75) is 32.0 Å². The first-order valence-corrected chi connectivity index (χ1v) is 8.43. The molecule has 22 heavy (non-hydrogen) atoms. The van der Waals surface area contributed by atoms with E-state index in [9.17, 15) is 4.79 Å². The monoisotopic (exact) mass is 320 g/mol. The Hall–Kier alpha value is -1.79. The van der Waals surface area contributed by atoms with E-state index in [1.807, 2.05) is 23.6 Å². The maximum atomic E-state index is 12.5. The Morgan fingerprint density at radius 3 is 3.05 bits per heavy atom. The summed E-state index contributed by atoms with van der Waals surface area (Å²) >= 11 is 1.63. The molecule has 6 heteroatoms. The van der Waals surface area contributed by atoms with Gasteiger partial charge >= 0.3 is 6.03 Å². The molecule has 0 aliphatic carbocycles. The van der Waals surface area contributed by atoms with E-state index in [1.54, 1.807) is 22.5 Å². The predicted octanol–water partition coefficient (Wildman–Crippen LogP) is 3.23. The Bertz CT molecular complexity index is 526. The van der Waals surface area contributed by atoms with Gasteiger partial charge in [0.05, 0.1) is 18.9 Å². The number of urea groups is 1. The molecule has 0 bridgehead atoms. The Morgan fingerprint density at radius 2 is 2.36 bits per heavy atom. The Labute approximate surface area is 133 Å². The molecule has 1 atom stereocenters. The largest absolute Gasteiger partial charge is 0.467 e. The maximum absolute atomic E-state index is 12.5.